The highest BCUT2D eigenvalue weighted by molar-refractivity contribution is 7.86. The van der Waals surface area contributed by atoms with Gasteiger partial charge in [0.15, 0.2) is 0 Å². The second kappa shape index (κ2) is 21.0. The molecule has 0 spiro atoms. The van der Waals surface area contributed by atoms with Gasteiger partial charge < -0.3 is 40.9 Å². The lowest BCUT2D eigenvalue weighted by Crippen LogP contribution is -2.32. The molecule has 2 aromatic heterocycles. The molecule has 7 N–H and O–H groups in total. The monoisotopic (exact) mass is 834 g/mol. The average molecular weight is 835 g/mol. The summed E-state index contributed by atoms with van der Waals surface area (Å²) >= 11 is 0. The van der Waals surface area contributed by atoms with Gasteiger partial charge in [0.1, 0.15) is 16.5 Å². The van der Waals surface area contributed by atoms with Gasteiger partial charge in [-0.25, -0.2) is 0 Å². The highest BCUT2D eigenvalue weighted by atomic mass is 32.2. The van der Waals surface area contributed by atoms with E-state index in [9.17, 15) is 33.4 Å². The maximum absolute atomic E-state index is 12.6. The van der Waals surface area contributed by atoms with E-state index in [0.29, 0.717) is 36.1 Å². The maximum Gasteiger partial charge on any atom is 0.295 e. The van der Waals surface area contributed by atoms with Crippen LogP contribution in [0.3, 0.4) is 0 Å². The molecule has 0 saturated carbocycles. The molecule has 17 nitrogen and oxygen atoms in total. The molecule has 0 unspecified atom stereocenters. The Hall–Kier alpha value is -6.41. The predicted molar refractivity (Wildman–Crippen MR) is 229 cm³/mol. The molecular formula is C42H46N10O7S. The molecule has 0 aliphatic heterocycles. The largest absolute Gasteiger partial charge is 0.395 e. The van der Waals surface area contributed by atoms with Crippen molar-refractivity contribution in [2.45, 2.75) is 17.7 Å². The Kier molecular flexibility index (Phi) is 15.1. The van der Waals surface area contributed by atoms with Gasteiger partial charge in [-0.2, -0.15) is 38.3 Å². The van der Waals surface area contributed by atoms with Gasteiger partial charge in [-0.1, -0.05) is 91.0 Å². The minimum absolute atomic E-state index is 0.0959. The molecule has 60 heavy (non-hydrogen) atoms. The summed E-state index contributed by atoms with van der Waals surface area (Å²) in [5, 5.41) is 44.7. The average Bonchev–Trinajstić information content (AvgIpc) is 3.24. The third-order valence-corrected chi connectivity index (χ3v) is 9.87. The highest BCUT2D eigenvalue weighted by Gasteiger charge is 2.18. The summed E-state index contributed by atoms with van der Waals surface area (Å²) in [6.45, 7) is 0.0619. The van der Waals surface area contributed by atoms with Crippen LogP contribution in [0.15, 0.2) is 108 Å². The number of aliphatic hydroxyl groups excluding tert-OH is 4. The Labute approximate surface area is 347 Å². The van der Waals surface area contributed by atoms with Crippen molar-refractivity contribution in [1.29, 1.82) is 0 Å². The molecule has 0 bridgehead atoms. The minimum atomic E-state index is -4.69. The topological polar surface area (TPSA) is 243 Å². The molecule has 0 amide bonds. The first kappa shape index (κ1) is 43.2. The molecule has 0 saturated heterocycles. The maximum atomic E-state index is 12.6. The lowest BCUT2D eigenvalue weighted by Gasteiger charge is -2.21. The fourth-order valence-corrected chi connectivity index (χ4v) is 6.84. The van der Waals surface area contributed by atoms with Crippen LogP contribution in [-0.4, -0.2) is 116 Å². The summed E-state index contributed by atoms with van der Waals surface area (Å²) in [6, 6.07) is 30.9. The summed E-state index contributed by atoms with van der Waals surface area (Å²) in [5.74, 6) is 1.79. The van der Waals surface area contributed by atoms with Crippen molar-refractivity contribution in [2.75, 3.05) is 73.0 Å². The number of hydrogen-bond donors (Lipinski definition) is 7. The van der Waals surface area contributed by atoms with Crippen LogP contribution in [0.25, 0.3) is 12.2 Å². The summed E-state index contributed by atoms with van der Waals surface area (Å²) in [4.78, 5) is 30.3. The normalized spacial score (nSPS) is 11.5. The Morgan fingerprint density at radius 1 is 0.533 bits per heavy atom. The summed E-state index contributed by atoms with van der Waals surface area (Å²) < 4.78 is 35.5. The van der Waals surface area contributed by atoms with Crippen molar-refractivity contribution in [3.05, 3.63) is 137 Å². The molecule has 0 radical (unpaired) electrons. The lowest BCUT2D eigenvalue weighted by molar-refractivity contribution is 0.279. The first-order valence-electron chi connectivity index (χ1n) is 19.1. The van der Waals surface area contributed by atoms with E-state index in [0.717, 1.165) is 16.7 Å². The van der Waals surface area contributed by atoms with Crippen LogP contribution in [0.5, 0.6) is 0 Å². The number of anilines is 6. The van der Waals surface area contributed by atoms with E-state index in [1.165, 1.54) is 12.1 Å². The van der Waals surface area contributed by atoms with Crippen LogP contribution >= 0.6 is 0 Å². The Balaban J connectivity index is 1.22. The third-order valence-electron chi connectivity index (χ3n) is 8.97. The van der Waals surface area contributed by atoms with Crippen LogP contribution < -0.4 is 20.4 Å². The first-order chi connectivity index (χ1) is 29.1. The fraction of sp³-hybridized carbons (Fsp3) is 0.238. The second-order valence-electron chi connectivity index (χ2n) is 13.4. The van der Waals surface area contributed by atoms with E-state index >= 15 is 0 Å². The van der Waals surface area contributed by atoms with Crippen LogP contribution in [0, 0.1) is 0 Å². The number of nitrogens with one attached hydrogen (secondary N) is 2. The van der Waals surface area contributed by atoms with Crippen LogP contribution in [0.2, 0.25) is 0 Å². The minimum Gasteiger partial charge on any atom is -0.395 e. The van der Waals surface area contributed by atoms with E-state index < -0.39 is 10.1 Å². The van der Waals surface area contributed by atoms with Crippen molar-refractivity contribution in [3.63, 3.8) is 0 Å². The second-order valence-corrected chi connectivity index (χ2v) is 14.8. The standard InChI is InChI=1S/C42H46N10O7S/c53-23-19-51(20-24-54)41-47-37(27-31-7-3-1-4-8-31)45-39(49-41)43-34-16-12-30(13-17-34)11-14-33-15-18-35(29-36(33)60(57,58)59)44-40-46-38(28-32-9-5-2-6-10-32)48-42(50-40)52(21-25-55)22-26-56/h1-18,29,53-56H,19-28H2,(H,57,58,59)(H,43,45,47,49)(H,44,46,48,50)/b14-11+. The number of rotatable bonds is 21. The third kappa shape index (κ3) is 12.3. The number of aliphatic hydroxyl groups is 4. The molecule has 18 heteroatoms. The van der Waals surface area contributed by atoms with Crippen LogP contribution in [0.4, 0.5) is 35.2 Å². The molecular weight excluding hydrogens is 789 g/mol. The molecule has 4 aromatic carbocycles. The van der Waals surface area contributed by atoms with Gasteiger partial charge in [0.25, 0.3) is 10.1 Å². The van der Waals surface area contributed by atoms with Crippen molar-refractivity contribution >= 4 is 57.4 Å². The van der Waals surface area contributed by atoms with E-state index in [1.807, 2.05) is 60.7 Å². The van der Waals surface area contributed by atoms with Gasteiger partial charge in [0.05, 0.1) is 26.4 Å². The number of hydrogen-bond acceptors (Lipinski definition) is 16. The molecule has 0 fully saturated rings. The predicted octanol–water partition coefficient (Wildman–Crippen LogP) is 3.72. The fourth-order valence-electron chi connectivity index (χ4n) is 6.13. The van der Waals surface area contributed by atoms with Gasteiger partial charge in [-0.15, -0.1) is 0 Å². The van der Waals surface area contributed by atoms with E-state index in [-0.39, 0.29) is 86.6 Å². The zero-order chi connectivity index (χ0) is 42.3. The van der Waals surface area contributed by atoms with Crippen molar-refractivity contribution in [1.82, 2.24) is 29.9 Å². The molecule has 2 heterocycles. The van der Waals surface area contributed by atoms with Crippen molar-refractivity contribution < 1.29 is 33.4 Å². The van der Waals surface area contributed by atoms with E-state index in [2.05, 4.69) is 40.5 Å². The van der Waals surface area contributed by atoms with E-state index in [4.69, 9.17) is 0 Å². The van der Waals surface area contributed by atoms with Gasteiger partial charge in [-0.05, 0) is 46.5 Å². The SMILES string of the molecule is O=S(=O)(O)c1cc(Nc2nc(Cc3ccccc3)nc(N(CCO)CCO)n2)ccc1/C=C/c1ccc(Nc2nc(Cc3ccccc3)nc(N(CCO)CCO)n2)cc1. The molecule has 6 aromatic rings. The van der Waals surface area contributed by atoms with Crippen molar-refractivity contribution in [3.8, 4) is 0 Å². The zero-order valence-electron chi connectivity index (χ0n) is 32.6. The van der Waals surface area contributed by atoms with Crippen LogP contribution in [-0.2, 0) is 23.0 Å². The Morgan fingerprint density at radius 3 is 1.43 bits per heavy atom. The summed E-state index contributed by atoms with van der Waals surface area (Å²) in [5.41, 5.74) is 3.82. The molecule has 6 rings (SSSR count). The van der Waals surface area contributed by atoms with Gasteiger partial charge >= 0.3 is 0 Å². The highest BCUT2D eigenvalue weighted by Crippen LogP contribution is 2.26. The number of benzene rings is 4. The van der Waals surface area contributed by atoms with Gasteiger partial charge in [0, 0.05) is 50.4 Å². The first-order valence-corrected chi connectivity index (χ1v) is 20.5. The molecule has 0 aliphatic rings. The zero-order valence-corrected chi connectivity index (χ0v) is 33.4. The van der Waals surface area contributed by atoms with E-state index in [1.54, 1.807) is 52.3 Å². The van der Waals surface area contributed by atoms with Crippen molar-refractivity contribution in [2.24, 2.45) is 0 Å². The van der Waals surface area contributed by atoms with Crippen LogP contribution in [0.1, 0.15) is 33.9 Å². The smallest absolute Gasteiger partial charge is 0.295 e. The number of nitrogens with zero attached hydrogens (tertiary/aromatic N) is 8. The van der Waals surface area contributed by atoms with Gasteiger partial charge in [-0.3, -0.25) is 4.55 Å². The number of aromatic nitrogens is 6. The lowest BCUT2D eigenvalue weighted by atomic mass is 10.1. The molecule has 0 atom stereocenters. The Morgan fingerprint density at radius 2 is 0.983 bits per heavy atom. The molecule has 312 valence electrons. The molecule has 0 aliphatic carbocycles. The Bertz CT molecular complexity index is 2430. The summed E-state index contributed by atoms with van der Waals surface area (Å²) in [7, 11) is -4.69. The quantitative estimate of drug-likeness (QED) is 0.0404. The van der Waals surface area contributed by atoms with Gasteiger partial charge in [0.2, 0.25) is 23.8 Å². The summed E-state index contributed by atoms with van der Waals surface area (Å²) in [6.07, 6.45) is 4.07.